The first-order valence-corrected chi connectivity index (χ1v) is 14.0. The molecule has 0 N–H and O–H groups in total. The molecule has 0 fully saturated rings. The van der Waals surface area contributed by atoms with Crippen LogP contribution in [0.5, 0.6) is 23.0 Å². The third-order valence-electron chi connectivity index (χ3n) is 7.75. The van der Waals surface area contributed by atoms with Crippen LogP contribution in [0.15, 0.2) is 84.9 Å². The third-order valence-corrected chi connectivity index (χ3v) is 7.75. The van der Waals surface area contributed by atoms with Crippen LogP contribution in [0, 0.1) is 0 Å². The topological polar surface area (TPSA) is 93.2 Å². The minimum absolute atomic E-state index is 0.312. The summed E-state index contributed by atoms with van der Waals surface area (Å²) >= 11 is 0. The Morgan fingerprint density at radius 1 is 0.465 bits per heavy atom. The van der Waals surface area contributed by atoms with Crippen molar-refractivity contribution in [1.29, 1.82) is 0 Å². The van der Waals surface area contributed by atoms with Crippen LogP contribution in [0.3, 0.4) is 0 Å². The van der Waals surface area contributed by atoms with Gasteiger partial charge >= 0.3 is 0 Å². The summed E-state index contributed by atoms with van der Waals surface area (Å²) in [5.74, 6) is 0.883. The van der Waals surface area contributed by atoms with E-state index in [1.807, 2.05) is 62.4 Å². The first-order chi connectivity index (χ1) is 20.5. The minimum Gasteiger partial charge on any atom is -0.457 e. The van der Waals surface area contributed by atoms with E-state index in [4.69, 9.17) is 9.47 Å². The van der Waals surface area contributed by atoms with Gasteiger partial charge in [-0.1, -0.05) is 52.0 Å². The SMILES string of the molecule is CC.CN1C(=O)c2ccc(Oc3ccc(C(C)(C)c4ccc(Oc5ccc6c(c5)C(=O)N(C)C6=O)cc4)cc3)cc2C1=O. The Kier molecular flexibility index (Phi) is 7.63. The van der Waals surface area contributed by atoms with E-state index < -0.39 is 0 Å². The van der Waals surface area contributed by atoms with Crippen LogP contribution >= 0.6 is 0 Å². The Balaban J connectivity index is 0.00000180. The molecule has 0 unspecified atom stereocenters. The van der Waals surface area contributed by atoms with Crippen molar-refractivity contribution in [1.82, 2.24) is 9.80 Å². The maximum atomic E-state index is 12.3. The number of carbonyl (C=O) groups is 4. The van der Waals surface area contributed by atoms with Gasteiger partial charge in [-0.2, -0.15) is 0 Å². The molecular formula is C35H32N2O6. The molecule has 218 valence electrons. The molecule has 4 amide bonds. The van der Waals surface area contributed by atoms with Crippen LogP contribution in [0.25, 0.3) is 0 Å². The molecule has 8 nitrogen and oxygen atoms in total. The summed E-state index contributed by atoms with van der Waals surface area (Å²) in [6.07, 6.45) is 0. The second-order valence-corrected chi connectivity index (χ2v) is 10.6. The molecule has 4 aromatic rings. The van der Waals surface area contributed by atoms with E-state index >= 15 is 0 Å². The first-order valence-electron chi connectivity index (χ1n) is 14.0. The molecule has 0 aromatic heterocycles. The third kappa shape index (κ3) is 5.16. The van der Waals surface area contributed by atoms with Crippen LogP contribution in [-0.2, 0) is 5.41 Å². The first kappa shape index (κ1) is 29.3. The fraction of sp³-hybridized carbons (Fsp3) is 0.200. The van der Waals surface area contributed by atoms with Gasteiger partial charge in [-0.25, -0.2) is 0 Å². The zero-order valence-electron chi connectivity index (χ0n) is 24.9. The largest absolute Gasteiger partial charge is 0.457 e. The molecule has 0 radical (unpaired) electrons. The second kappa shape index (κ2) is 11.2. The number of carbonyl (C=O) groups excluding carboxylic acids is 4. The van der Waals surface area contributed by atoms with Crippen molar-refractivity contribution < 1.29 is 28.7 Å². The second-order valence-electron chi connectivity index (χ2n) is 10.6. The van der Waals surface area contributed by atoms with E-state index in [0.29, 0.717) is 45.3 Å². The zero-order chi connectivity index (χ0) is 31.1. The highest BCUT2D eigenvalue weighted by molar-refractivity contribution is 6.22. The van der Waals surface area contributed by atoms with Gasteiger partial charge in [0.2, 0.25) is 0 Å². The lowest BCUT2D eigenvalue weighted by atomic mass is 9.78. The van der Waals surface area contributed by atoms with Gasteiger partial charge in [0, 0.05) is 19.5 Å². The zero-order valence-corrected chi connectivity index (χ0v) is 24.9. The van der Waals surface area contributed by atoms with E-state index in [1.165, 1.54) is 14.1 Å². The van der Waals surface area contributed by atoms with Gasteiger partial charge in [0.05, 0.1) is 22.3 Å². The lowest BCUT2D eigenvalue weighted by Crippen LogP contribution is -2.24. The summed E-state index contributed by atoms with van der Waals surface area (Å²) in [5.41, 5.74) is 3.25. The number of benzene rings is 4. The van der Waals surface area contributed by atoms with Crippen molar-refractivity contribution in [3.8, 4) is 23.0 Å². The molecule has 2 aliphatic heterocycles. The molecule has 0 aliphatic carbocycles. The molecule has 2 heterocycles. The fourth-order valence-corrected chi connectivity index (χ4v) is 5.13. The highest BCUT2D eigenvalue weighted by Gasteiger charge is 2.34. The predicted octanol–water partition coefficient (Wildman–Crippen LogP) is 7.07. The summed E-state index contributed by atoms with van der Waals surface area (Å²) in [6.45, 7) is 8.25. The number of rotatable bonds is 6. The Bertz CT molecular complexity index is 1630. The molecule has 0 bridgehead atoms. The van der Waals surface area contributed by atoms with Crippen molar-refractivity contribution in [2.75, 3.05) is 14.1 Å². The van der Waals surface area contributed by atoms with Gasteiger partial charge in [0.1, 0.15) is 23.0 Å². The molecule has 0 saturated carbocycles. The Morgan fingerprint density at radius 3 is 1.12 bits per heavy atom. The lowest BCUT2D eigenvalue weighted by molar-refractivity contribution is 0.0677. The monoisotopic (exact) mass is 576 g/mol. The molecule has 0 spiro atoms. The number of fused-ring (bicyclic) bond motifs is 2. The molecular weight excluding hydrogens is 544 g/mol. The highest BCUT2D eigenvalue weighted by atomic mass is 16.5. The summed E-state index contributed by atoms with van der Waals surface area (Å²) in [6, 6.07) is 25.3. The van der Waals surface area contributed by atoms with E-state index in [2.05, 4.69) is 13.8 Å². The number of imide groups is 2. The Labute approximate surface area is 250 Å². The van der Waals surface area contributed by atoms with Gasteiger partial charge in [-0.05, 0) is 71.8 Å². The number of nitrogens with zero attached hydrogens (tertiary/aromatic N) is 2. The summed E-state index contributed by atoms with van der Waals surface area (Å²) in [4.78, 5) is 51.1. The highest BCUT2D eigenvalue weighted by Crippen LogP contribution is 2.36. The van der Waals surface area contributed by atoms with Crippen LogP contribution in [0.1, 0.15) is 80.3 Å². The number of ether oxygens (including phenoxy) is 2. The predicted molar refractivity (Wildman–Crippen MR) is 162 cm³/mol. The normalized spacial score (nSPS) is 13.9. The molecule has 0 atom stereocenters. The minimum atomic E-state index is -0.337. The Morgan fingerprint density at radius 2 is 0.767 bits per heavy atom. The quantitative estimate of drug-likeness (QED) is 0.228. The van der Waals surface area contributed by atoms with Crippen LogP contribution in [0.4, 0.5) is 0 Å². The van der Waals surface area contributed by atoms with Gasteiger partial charge in [0.15, 0.2) is 0 Å². The van der Waals surface area contributed by atoms with Gasteiger partial charge in [-0.15, -0.1) is 0 Å². The van der Waals surface area contributed by atoms with Crippen molar-refractivity contribution in [2.24, 2.45) is 0 Å². The molecule has 8 heteroatoms. The van der Waals surface area contributed by atoms with Crippen LogP contribution < -0.4 is 9.47 Å². The Hall–Kier alpha value is -5.24. The van der Waals surface area contributed by atoms with Crippen molar-refractivity contribution in [2.45, 2.75) is 33.1 Å². The molecule has 0 saturated heterocycles. The number of hydrogen-bond donors (Lipinski definition) is 0. The van der Waals surface area contributed by atoms with E-state index in [-0.39, 0.29) is 29.0 Å². The maximum absolute atomic E-state index is 12.3. The standard InChI is InChI=1S/C33H26N2O6.C2H6/c1-33(2,19-5-9-21(10-6-19)40-23-13-15-25-27(17-23)31(38)34(3)29(25)36)20-7-11-22(12-8-20)41-24-14-16-26-28(18-24)32(39)35(4)30(26)37;1-2/h5-18H,1-4H3;1-2H3. The molecule has 43 heavy (non-hydrogen) atoms. The van der Waals surface area contributed by atoms with Crippen molar-refractivity contribution >= 4 is 23.6 Å². The fourth-order valence-electron chi connectivity index (χ4n) is 5.13. The van der Waals surface area contributed by atoms with Gasteiger partial charge in [-0.3, -0.25) is 29.0 Å². The summed E-state index contributed by atoms with van der Waals surface area (Å²) in [5, 5.41) is 0. The summed E-state index contributed by atoms with van der Waals surface area (Å²) < 4.78 is 11.9. The van der Waals surface area contributed by atoms with Crippen LogP contribution in [-0.4, -0.2) is 47.5 Å². The van der Waals surface area contributed by atoms with Crippen molar-refractivity contribution in [3.05, 3.63) is 118 Å². The number of amides is 4. The molecule has 4 aromatic carbocycles. The molecule has 2 aliphatic rings. The lowest BCUT2D eigenvalue weighted by Gasteiger charge is -2.26. The van der Waals surface area contributed by atoms with E-state index in [0.717, 1.165) is 20.9 Å². The van der Waals surface area contributed by atoms with Gasteiger partial charge in [0.25, 0.3) is 23.6 Å². The van der Waals surface area contributed by atoms with E-state index in [9.17, 15) is 19.2 Å². The van der Waals surface area contributed by atoms with Crippen molar-refractivity contribution in [3.63, 3.8) is 0 Å². The smallest absolute Gasteiger partial charge is 0.261 e. The average molecular weight is 577 g/mol. The number of hydrogen-bond acceptors (Lipinski definition) is 6. The van der Waals surface area contributed by atoms with E-state index in [1.54, 1.807) is 36.4 Å². The van der Waals surface area contributed by atoms with Gasteiger partial charge < -0.3 is 9.47 Å². The van der Waals surface area contributed by atoms with Crippen LogP contribution in [0.2, 0.25) is 0 Å². The molecule has 6 rings (SSSR count). The summed E-state index contributed by atoms with van der Waals surface area (Å²) in [7, 11) is 2.93. The maximum Gasteiger partial charge on any atom is 0.261 e. The average Bonchev–Trinajstić information content (AvgIpc) is 3.37.